The number of guanidine groups is 1. The average molecular weight is 546 g/mol. The van der Waals surface area contributed by atoms with Crippen molar-refractivity contribution in [1.29, 1.82) is 0 Å². The Labute approximate surface area is 206 Å². The molecule has 170 valence electrons. The first-order chi connectivity index (χ1) is 15.2. The summed E-state index contributed by atoms with van der Waals surface area (Å²) in [5, 5.41) is 10.9. The van der Waals surface area contributed by atoms with Gasteiger partial charge in [-0.25, -0.2) is 0 Å². The fourth-order valence-electron chi connectivity index (χ4n) is 3.85. The highest BCUT2D eigenvalue weighted by Gasteiger charge is 2.14. The van der Waals surface area contributed by atoms with Crippen LogP contribution in [0.2, 0.25) is 0 Å². The summed E-state index contributed by atoms with van der Waals surface area (Å²) in [6, 6.07) is 12.7. The number of halogens is 1. The number of hydrogen-bond acceptors (Lipinski definition) is 5. The first-order valence-corrected chi connectivity index (χ1v) is 11.1. The quantitative estimate of drug-likeness (QED) is 0.258. The zero-order chi connectivity index (χ0) is 21.5. The van der Waals surface area contributed by atoms with E-state index in [-0.39, 0.29) is 30.0 Å². The molecule has 1 unspecified atom stereocenters. The third-order valence-electron chi connectivity index (χ3n) is 5.53. The van der Waals surface area contributed by atoms with Gasteiger partial charge in [0.15, 0.2) is 11.8 Å². The number of pyridine rings is 1. The third kappa shape index (κ3) is 6.27. The van der Waals surface area contributed by atoms with Crippen molar-refractivity contribution >= 4 is 29.9 Å². The molecule has 1 aliphatic rings. The van der Waals surface area contributed by atoms with E-state index < -0.39 is 0 Å². The van der Waals surface area contributed by atoms with Gasteiger partial charge in [-0.05, 0) is 68.4 Å². The second kappa shape index (κ2) is 11.9. The molecule has 2 heterocycles. The molecule has 0 saturated carbocycles. The van der Waals surface area contributed by atoms with Crippen LogP contribution in [0.15, 0.2) is 52.1 Å². The molecule has 1 aromatic carbocycles. The van der Waals surface area contributed by atoms with E-state index in [1.807, 2.05) is 18.2 Å². The van der Waals surface area contributed by atoms with Crippen LogP contribution < -0.4 is 10.6 Å². The Bertz CT molecular complexity index is 1020. The lowest BCUT2D eigenvalue weighted by Crippen LogP contribution is -2.39. The molecule has 8 heteroatoms. The maximum atomic E-state index is 5.32. The SMILES string of the molecule is CCNC(=NCCc1noc(-c2ccccn2)n1)NC(C)c1ccc2c(c1)CCCC2.I. The smallest absolute Gasteiger partial charge is 0.276 e. The summed E-state index contributed by atoms with van der Waals surface area (Å²) in [4.78, 5) is 13.4. The van der Waals surface area contributed by atoms with E-state index in [9.17, 15) is 0 Å². The lowest BCUT2D eigenvalue weighted by Gasteiger charge is -2.21. The van der Waals surface area contributed by atoms with Crippen molar-refractivity contribution in [3.05, 3.63) is 65.1 Å². The summed E-state index contributed by atoms with van der Waals surface area (Å²) < 4.78 is 5.32. The van der Waals surface area contributed by atoms with E-state index in [0.29, 0.717) is 30.4 Å². The molecule has 1 aliphatic carbocycles. The lowest BCUT2D eigenvalue weighted by atomic mass is 9.89. The summed E-state index contributed by atoms with van der Waals surface area (Å²) >= 11 is 0. The fourth-order valence-corrected chi connectivity index (χ4v) is 3.85. The maximum absolute atomic E-state index is 5.32. The first kappa shape index (κ1) is 24.2. The largest absolute Gasteiger partial charge is 0.357 e. The molecule has 0 aliphatic heterocycles. The zero-order valence-corrected chi connectivity index (χ0v) is 21.0. The Balaban J connectivity index is 0.00000289. The van der Waals surface area contributed by atoms with Crippen molar-refractivity contribution in [2.45, 2.75) is 52.0 Å². The third-order valence-corrected chi connectivity index (χ3v) is 5.53. The van der Waals surface area contributed by atoms with Gasteiger partial charge in [0.2, 0.25) is 0 Å². The molecule has 2 aromatic heterocycles. The lowest BCUT2D eigenvalue weighted by molar-refractivity contribution is 0.421. The van der Waals surface area contributed by atoms with Gasteiger partial charge in [0, 0.05) is 25.7 Å². The molecule has 0 spiro atoms. The Morgan fingerprint density at radius 1 is 1.16 bits per heavy atom. The predicted molar refractivity (Wildman–Crippen MR) is 137 cm³/mol. The standard InChI is InChI=1S/C24H30N6O.HI/c1-3-25-24(28-17(2)19-12-11-18-8-4-5-9-20(18)16-19)27-15-13-22-29-23(31-30-22)21-10-6-7-14-26-21;/h6-7,10-12,14,16-17H,3-5,8-9,13,15H2,1-2H3,(H2,25,27,28);1H. The molecule has 0 bridgehead atoms. The predicted octanol–water partition coefficient (Wildman–Crippen LogP) is 4.49. The minimum atomic E-state index is 0. The number of aromatic nitrogens is 3. The Kier molecular flexibility index (Phi) is 9.01. The molecule has 0 saturated heterocycles. The minimum Gasteiger partial charge on any atom is -0.357 e. The van der Waals surface area contributed by atoms with Crippen LogP contribution in [0, 0.1) is 0 Å². The summed E-state index contributed by atoms with van der Waals surface area (Å²) in [5.41, 5.74) is 4.98. The molecule has 0 radical (unpaired) electrons. The van der Waals surface area contributed by atoms with Crippen LogP contribution in [-0.4, -0.2) is 34.2 Å². The first-order valence-electron chi connectivity index (χ1n) is 11.1. The van der Waals surface area contributed by atoms with E-state index in [4.69, 9.17) is 9.52 Å². The highest BCUT2D eigenvalue weighted by atomic mass is 127. The molecule has 3 aromatic rings. The summed E-state index contributed by atoms with van der Waals surface area (Å²) in [6.07, 6.45) is 7.30. The number of hydrogen-bond donors (Lipinski definition) is 2. The van der Waals surface area contributed by atoms with Gasteiger partial charge < -0.3 is 15.2 Å². The number of benzene rings is 1. The van der Waals surface area contributed by atoms with Crippen LogP contribution in [0.3, 0.4) is 0 Å². The van der Waals surface area contributed by atoms with E-state index >= 15 is 0 Å². The van der Waals surface area contributed by atoms with Crippen molar-refractivity contribution in [3.8, 4) is 11.6 Å². The Morgan fingerprint density at radius 3 is 2.78 bits per heavy atom. The molecular formula is C24H31IN6O. The second-order valence-corrected chi connectivity index (χ2v) is 7.84. The van der Waals surface area contributed by atoms with Gasteiger partial charge in [-0.3, -0.25) is 9.98 Å². The summed E-state index contributed by atoms with van der Waals surface area (Å²) in [7, 11) is 0. The van der Waals surface area contributed by atoms with Crippen molar-refractivity contribution in [1.82, 2.24) is 25.8 Å². The van der Waals surface area contributed by atoms with E-state index in [0.717, 1.165) is 12.5 Å². The number of nitrogens with zero attached hydrogens (tertiary/aromatic N) is 4. The normalized spacial score (nSPS) is 14.2. The van der Waals surface area contributed by atoms with Gasteiger partial charge in [-0.1, -0.05) is 29.4 Å². The van der Waals surface area contributed by atoms with Gasteiger partial charge in [-0.15, -0.1) is 24.0 Å². The van der Waals surface area contributed by atoms with E-state index in [2.05, 4.69) is 57.8 Å². The number of aryl methyl sites for hydroxylation is 2. The number of rotatable bonds is 7. The average Bonchev–Trinajstić information content (AvgIpc) is 3.28. The van der Waals surface area contributed by atoms with E-state index in [1.54, 1.807) is 6.20 Å². The topological polar surface area (TPSA) is 88.2 Å². The molecule has 32 heavy (non-hydrogen) atoms. The molecule has 2 N–H and O–H groups in total. The van der Waals surface area contributed by atoms with Gasteiger partial charge in [0.05, 0.1) is 6.04 Å². The monoisotopic (exact) mass is 546 g/mol. The number of nitrogens with one attached hydrogen (secondary N) is 2. The van der Waals surface area contributed by atoms with Crippen LogP contribution in [0.25, 0.3) is 11.6 Å². The molecule has 0 fully saturated rings. The van der Waals surface area contributed by atoms with E-state index in [1.165, 1.54) is 42.4 Å². The number of aliphatic imine (C=N–C) groups is 1. The van der Waals surface area contributed by atoms with Crippen molar-refractivity contribution in [3.63, 3.8) is 0 Å². The highest BCUT2D eigenvalue weighted by molar-refractivity contribution is 14.0. The van der Waals surface area contributed by atoms with Crippen molar-refractivity contribution < 1.29 is 4.52 Å². The molecule has 4 rings (SSSR count). The summed E-state index contributed by atoms with van der Waals surface area (Å²) in [5.74, 6) is 1.86. The second-order valence-electron chi connectivity index (χ2n) is 7.84. The van der Waals surface area contributed by atoms with Crippen molar-refractivity contribution in [2.24, 2.45) is 4.99 Å². The van der Waals surface area contributed by atoms with Crippen LogP contribution in [0.4, 0.5) is 0 Å². The van der Waals surface area contributed by atoms with Crippen LogP contribution in [0.1, 0.15) is 55.2 Å². The molecule has 1 atom stereocenters. The van der Waals surface area contributed by atoms with Crippen LogP contribution in [-0.2, 0) is 19.3 Å². The maximum Gasteiger partial charge on any atom is 0.276 e. The van der Waals surface area contributed by atoms with Gasteiger partial charge >= 0.3 is 0 Å². The van der Waals surface area contributed by atoms with Crippen LogP contribution >= 0.6 is 24.0 Å². The van der Waals surface area contributed by atoms with Crippen LogP contribution in [0.5, 0.6) is 0 Å². The van der Waals surface area contributed by atoms with Gasteiger partial charge in [0.1, 0.15) is 5.69 Å². The van der Waals surface area contributed by atoms with Gasteiger partial charge in [-0.2, -0.15) is 4.98 Å². The fraction of sp³-hybridized carbons (Fsp3) is 0.417. The molecular weight excluding hydrogens is 515 g/mol. The molecule has 0 amide bonds. The van der Waals surface area contributed by atoms with Gasteiger partial charge in [0.25, 0.3) is 5.89 Å². The van der Waals surface area contributed by atoms with Crippen molar-refractivity contribution in [2.75, 3.05) is 13.1 Å². The zero-order valence-electron chi connectivity index (χ0n) is 18.7. The molecule has 7 nitrogen and oxygen atoms in total. The Hall–Kier alpha value is -2.49. The highest BCUT2D eigenvalue weighted by Crippen LogP contribution is 2.24. The number of fused-ring (bicyclic) bond motifs is 1. The Morgan fingerprint density at radius 2 is 2.00 bits per heavy atom. The minimum absolute atomic E-state index is 0. The summed E-state index contributed by atoms with van der Waals surface area (Å²) in [6.45, 7) is 5.61.